The minimum absolute atomic E-state index is 0.0238. The highest BCUT2D eigenvalue weighted by Gasteiger charge is 2.52. The van der Waals surface area contributed by atoms with Crippen LogP contribution in [0.25, 0.3) is 0 Å². The maximum Gasteiger partial charge on any atom is 0.188 e. The lowest BCUT2D eigenvalue weighted by Crippen LogP contribution is -2.64. The van der Waals surface area contributed by atoms with Gasteiger partial charge >= 0.3 is 0 Å². The molecule has 2 heterocycles. The van der Waals surface area contributed by atoms with Gasteiger partial charge in [-0.3, -0.25) is 0 Å². The molecule has 0 bridgehead atoms. The van der Waals surface area contributed by atoms with E-state index in [2.05, 4.69) is 106 Å². The molecule has 0 radical (unpaired) electrons. The maximum atomic E-state index is 6.86. The molecule has 0 aromatic heterocycles. The van der Waals surface area contributed by atoms with Crippen LogP contribution in [-0.4, -0.2) is 82.5 Å². The van der Waals surface area contributed by atoms with E-state index < -0.39 is 45.8 Å². The normalized spacial score (nSPS) is 37.2. The first kappa shape index (κ1) is 35.8. The zero-order valence-electron chi connectivity index (χ0n) is 28.0. The van der Waals surface area contributed by atoms with E-state index in [0.29, 0.717) is 0 Å². The van der Waals surface area contributed by atoms with Gasteiger partial charge in [0.1, 0.15) is 6.10 Å². The average Bonchev–Trinajstić information content (AvgIpc) is 2.73. The van der Waals surface area contributed by atoms with Crippen LogP contribution < -0.4 is 0 Å². The predicted molar refractivity (Wildman–Crippen MR) is 170 cm³/mol. The Morgan fingerprint density at radius 1 is 0.462 bits per heavy atom. The zero-order valence-corrected chi connectivity index (χ0v) is 32.0. The van der Waals surface area contributed by atoms with Gasteiger partial charge in [-0.25, -0.2) is 0 Å². The van der Waals surface area contributed by atoms with Crippen molar-refractivity contribution in [3.8, 4) is 0 Å². The fourth-order valence-electron chi connectivity index (χ4n) is 5.52. The predicted octanol–water partition coefficient (Wildman–Crippen LogP) is 7.43. The monoisotopic (exact) mass is 622 g/mol. The lowest BCUT2D eigenvalue weighted by molar-refractivity contribution is -0.356. The van der Waals surface area contributed by atoms with E-state index in [0.717, 1.165) is 12.8 Å². The molecule has 0 aliphatic carbocycles. The Hall–Kier alpha value is 0.588. The highest BCUT2D eigenvalue weighted by Crippen LogP contribution is 2.40. The van der Waals surface area contributed by atoms with Gasteiger partial charge in [-0.1, -0.05) is 27.7 Å². The molecule has 0 amide bonds. The summed E-state index contributed by atoms with van der Waals surface area (Å²) < 4.78 is 47.5. The van der Waals surface area contributed by atoms with Crippen LogP contribution in [0.3, 0.4) is 0 Å². The summed E-state index contributed by atoms with van der Waals surface area (Å²) in [6.07, 6.45) is -0.0839. The van der Waals surface area contributed by atoms with Crippen LogP contribution in [0.2, 0.25) is 78.6 Å². The summed E-state index contributed by atoms with van der Waals surface area (Å²) in [7, 11) is -7.54. The van der Waals surface area contributed by atoms with Crippen LogP contribution in [-0.2, 0) is 31.9 Å². The van der Waals surface area contributed by atoms with Crippen molar-refractivity contribution in [3.05, 3.63) is 0 Å². The summed E-state index contributed by atoms with van der Waals surface area (Å²) >= 11 is 0. The molecule has 2 aliphatic heterocycles. The zero-order chi connectivity index (χ0) is 30.1. The van der Waals surface area contributed by atoms with Gasteiger partial charge in [-0.05, 0) is 91.4 Å². The fraction of sp³-hybridized carbons (Fsp3) is 1.00. The molecule has 2 fully saturated rings. The molecule has 2 rings (SSSR count). The molecule has 10 atom stereocenters. The molecule has 5 unspecified atom stereocenters. The Kier molecular flexibility index (Phi) is 12.4. The molecule has 232 valence electrons. The Labute approximate surface area is 244 Å². The molecule has 0 aromatic carbocycles. The lowest BCUT2D eigenvalue weighted by Gasteiger charge is -2.52. The molecule has 0 aromatic rings. The van der Waals surface area contributed by atoms with Crippen molar-refractivity contribution < 1.29 is 31.9 Å². The lowest BCUT2D eigenvalue weighted by atomic mass is 9.89. The Balaban J connectivity index is 2.46. The molecular formula is C28H62O7Si4. The Morgan fingerprint density at radius 3 is 1.23 bits per heavy atom. The van der Waals surface area contributed by atoms with Crippen LogP contribution in [0, 0.1) is 11.8 Å². The van der Waals surface area contributed by atoms with Crippen molar-refractivity contribution in [3.63, 3.8) is 0 Å². The van der Waals surface area contributed by atoms with Gasteiger partial charge < -0.3 is 31.9 Å². The van der Waals surface area contributed by atoms with Gasteiger partial charge in [-0.2, -0.15) is 0 Å². The molecule has 39 heavy (non-hydrogen) atoms. The maximum absolute atomic E-state index is 6.86. The molecular weight excluding hydrogens is 561 g/mol. The topological polar surface area (TPSA) is 64.6 Å². The van der Waals surface area contributed by atoms with Gasteiger partial charge in [-0.15, -0.1) is 0 Å². The summed E-state index contributed by atoms with van der Waals surface area (Å²) in [5, 5.41) is 0. The van der Waals surface area contributed by atoms with E-state index in [9.17, 15) is 0 Å². The van der Waals surface area contributed by atoms with Crippen molar-refractivity contribution in [1.82, 2.24) is 0 Å². The number of hydrogen-bond donors (Lipinski definition) is 0. The molecule has 0 spiro atoms. The van der Waals surface area contributed by atoms with Gasteiger partial charge in [0.2, 0.25) is 0 Å². The number of hydrogen-bond acceptors (Lipinski definition) is 7. The minimum atomic E-state index is -1.95. The molecule has 0 N–H and O–H groups in total. The van der Waals surface area contributed by atoms with Crippen LogP contribution in [0.1, 0.15) is 40.5 Å². The van der Waals surface area contributed by atoms with Crippen molar-refractivity contribution in [1.29, 1.82) is 0 Å². The van der Waals surface area contributed by atoms with Gasteiger partial charge in [0.05, 0.1) is 30.5 Å². The molecule has 7 nitrogen and oxygen atoms in total. The first-order chi connectivity index (χ1) is 17.5. The van der Waals surface area contributed by atoms with Crippen molar-refractivity contribution >= 4 is 33.3 Å². The Morgan fingerprint density at radius 2 is 0.821 bits per heavy atom. The van der Waals surface area contributed by atoms with E-state index in [1.165, 1.54) is 0 Å². The van der Waals surface area contributed by atoms with Gasteiger partial charge in [0.25, 0.3) is 0 Å². The second-order valence-electron chi connectivity index (χ2n) is 15.5. The minimum Gasteiger partial charge on any atom is -0.412 e. The highest BCUT2D eigenvalue weighted by atomic mass is 28.4. The number of rotatable bonds is 12. The van der Waals surface area contributed by atoms with E-state index in [1.807, 2.05) is 0 Å². The number of ether oxygens (including phenoxy) is 3. The van der Waals surface area contributed by atoms with Crippen LogP contribution >= 0.6 is 0 Å². The quantitative estimate of drug-likeness (QED) is 0.210. The van der Waals surface area contributed by atoms with Crippen molar-refractivity contribution in [2.45, 2.75) is 168 Å². The summed E-state index contributed by atoms with van der Waals surface area (Å²) in [6.45, 7) is 35.5. The smallest absolute Gasteiger partial charge is 0.188 e. The van der Waals surface area contributed by atoms with Crippen molar-refractivity contribution in [2.24, 2.45) is 11.8 Å². The van der Waals surface area contributed by atoms with Crippen LogP contribution in [0.5, 0.6) is 0 Å². The Bertz CT molecular complexity index is 759. The van der Waals surface area contributed by atoms with E-state index in [-0.39, 0.29) is 48.5 Å². The van der Waals surface area contributed by atoms with Crippen molar-refractivity contribution in [2.75, 3.05) is 0 Å². The second-order valence-corrected chi connectivity index (χ2v) is 33.4. The van der Waals surface area contributed by atoms with E-state index >= 15 is 0 Å². The van der Waals surface area contributed by atoms with Gasteiger partial charge in [0.15, 0.2) is 45.8 Å². The van der Waals surface area contributed by atoms with E-state index in [4.69, 9.17) is 31.9 Å². The van der Waals surface area contributed by atoms with Crippen LogP contribution in [0.15, 0.2) is 0 Å². The molecule has 11 heteroatoms. The summed E-state index contributed by atoms with van der Waals surface area (Å²) in [5.41, 5.74) is 0. The van der Waals surface area contributed by atoms with Gasteiger partial charge in [0, 0.05) is 11.8 Å². The van der Waals surface area contributed by atoms with Crippen LogP contribution in [0.4, 0.5) is 0 Å². The summed E-state index contributed by atoms with van der Waals surface area (Å²) in [6, 6.07) is 0. The average molecular weight is 623 g/mol. The fourth-order valence-corrected chi connectivity index (χ4v) is 10.0. The molecule has 0 saturated carbocycles. The first-order valence-electron chi connectivity index (χ1n) is 15.2. The third kappa shape index (κ3) is 11.0. The SMILES string of the molecule is CCC1O[C@H](O[C@H]2OC(CC)[C@@H](C)[C@H](O[Si](C)(C)C)C2O[Si](C)(C)C)C(C)C(O[Si](C)(C)C)[C@@H]1O[Si](C)(C)C. The largest absolute Gasteiger partial charge is 0.412 e. The first-order valence-corrected chi connectivity index (χ1v) is 28.9. The third-order valence-corrected chi connectivity index (χ3v) is 10.9. The molecule has 2 aliphatic rings. The van der Waals surface area contributed by atoms with E-state index in [1.54, 1.807) is 0 Å². The third-order valence-electron chi connectivity index (χ3n) is 6.98. The second kappa shape index (κ2) is 13.5. The standard InChI is InChI=1S/C28H62O7Si4/c1-17-21-19(3)23(32-36(5,6)7)26(35-39(14,15)16)28(29-21)31-27-20(4)24(33-37(8,9)10)25(22(18-2)30-27)34-38(11,12)13/h19-28H,17-18H2,1-16H3/t19-,20?,21?,22?,23+,24?,25-,26?,27-,28-/m1/s1. The summed E-state index contributed by atoms with van der Waals surface area (Å²) in [5.74, 6) is 0.168. The highest BCUT2D eigenvalue weighted by molar-refractivity contribution is 6.71. The summed E-state index contributed by atoms with van der Waals surface area (Å²) in [4.78, 5) is 0. The molecule has 2 saturated heterocycles.